The van der Waals surface area contributed by atoms with E-state index in [0.717, 1.165) is 37.5 Å². The van der Waals surface area contributed by atoms with Gasteiger partial charge in [-0.15, -0.1) is 6.58 Å². The minimum absolute atomic E-state index is 0.324. The quantitative estimate of drug-likeness (QED) is 0.0567. The maximum atomic E-state index is 10.6. The smallest absolute Gasteiger partial charge is 0.303 e. The second kappa shape index (κ2) is 32.6. The molecule has 0 spiro atoms. The summed E-state index contributed by atoms with van der Waals surface area (Å²) in [6.45, 7) is 6.43. The minimum Gasteiger partial charge on any atom is -0.481 e. The molecule has 0 bridgehead atoms. The van der Waals surface area contributed by atoms with Gasteiger partial charge < -0.3 is 10.2 Å². The molecule has 4 heteroatoms. The predicted octanol–water partition coefficient (Wildman–Crippen LogP) is 12.7. The molecule has 0 aliphatic heterocycles. The van der Waals surface area contributed by atoms with Crippen molar-refractivity contribution < 1.29 is 19.8 Å². The molecule has 0 fully saturated rings. The van der Waals surface area contributed by atoms with Gasteiger partial charge >= 0.3 is 11.9 Å². The van der Waals surface area contributed by atoms with Gasteiger partial charge in [0, 0.05) is 12.8 Å². The third-order valence-corrected chi connectivity index (χ3v) is 9.25. The first kappa shape index (κ1) is 40.7. The number of carboxylic acids is 2. The number of carboxylic acid groups (broad SMARTS) is 2. The second-order valence-electron chi connectivity index (χ2n) is 13.2. The summed E-state index contributed by atoms with van der Waals surface area (Å²) in [6.07, 6.45) is 40.0. The topological polar surface area (TPSA) is 74.6 Å². The normalized spacial score (nSPS) is 12.8. The van der Waals surface area contributed by atoms with Crippen LogP contribution in [-0.4, -0.2) is 22.2 Å². The first-order valence-electron chi connectivity index (χ1n) is 18.6. The van der Waals surface area contributed by atoms with Crippen molar-refractivity contribution in [3.63, 3.8) is 0 Å². The standard InChI is InChI=1S/C38H72O4/c1-3-5-6-7-14-19-25-31-36(32-26-21-16-11-9-13-18-23-28-34-38(41)42)35(29-4-2)30-24-20-15-10-8-12-17-22-27-33-37(39)40/h4,35-36H,2-3,5-34H2,1H3,(H,39,40)(H,41,42). The molecule has 0 aliphatic rings. The lowest BCUT2D eigenvalue weighted by Crippen LogP contribution is -2.15. The molecule has 42 heavy (non-hydrogen) atoms. The molecular formula is C38H72O4. The summed E-state index contributed by atoms with van der Waals surface area (Å²) in [5.41, 5.74) is 0. The van der Waals surface area contributed by atoms with E-state index in [1.54, 1.807) is 0 Å². The molecule has 0 aliphatic carbocycles. The molecule has 0 aromatic rings. The van der Waals surface area contributed by atoms with Gasteiger partial charge in [-0.1, -0.05) is 174 Å². The van der Waals surface area contributed by atoms with Crippen LogP contribution in [0.1, 0.15) is 206 Å². The summed E-state index contributed by atoms with van der Waals surface area (Å²) in [4.78, 5) is 21.2. The Labute approximate surface area is 261 Å². The first-order chi connectivity index (χ1) is 20.5. The van der Waals surface area contributed by atoms with E-state index in [1.807, 2.05) is 0 Å². The van der Waals surface area contributed by atoms with Crippen LogP contribution in [0.2, 0.25) is 0 Å². The summed E-state index contributed by atoms with van der Waals surface area (Å²) in [7, 11) is 0. The fourth-order valence-corrected chi connectivity index (χ4v) is 6.58. The van der Waals surface area contributed by atoms with E-state index in [2.05, 4.69) is 19.6 Å². The monoisotopic (exact) mass is 593 g/mol. The van der Waals surface area contributed by atoms with Crippen molar-refractivity contribution in [2.24, 2.45) is 11.8 Å². The molecule has 0 rings (SSSR count). The third kappa shape index (κ3) is 30.1. The van der Waals surface area contributed by atoms with Gasteiger partial charge in [0.15, 0.2) is 0 Å². The summed E-state index contributed by atoms with van der Waals surface area (Å²) >= 11 is 0. The van der Waals surface area contributed by atoms with Gasteiger partial charge in [-0.25, -0.2) is 0 Å². The number of carbonyl (C=O) groups is 2. The lowest BCUT2D eigenvalue weighted by molar-refractivity contribution is -0.138. The van der Waals surface area contributed by atoms with Crippen molar-refractivity contribution in [1.82, 2.24) is 0 Å². The van der Waals surface area contributed by atoms with E-state index in [9.17, 15) is 9.59 Å². The maximum Gasteiger partial charge on any atom is 0.303 e. The summed E-state index contributed by atoms with van der Waals surface area (Å²) in [5.74, 6) is 0.343. The summed E-state index contributed by atoms with van der Waals surface area (Å²) < 4.78 is 0. The van der Waals surface area contributed by atoms with Crippen LogP contribution in [0.25, 0.3) is 0 Å². The molecule has 0 saturated heterocycles. The summed E-state index contributed by atoms with van der Waals surface area (Å²) in [6, 6.07) is 0. The van der Waals surface area contributed by atoms with Crippen LogP contribution in [0, 0.1) is 11.8 Å². The molecule has 0 saturated carbocycles. The van der Waals surface area contributed by atoms with Gasteiger partial charge in [-0.3, -0.25) is 9.59 Å². The highest BCUT2D eigenvalue weighted by molar-refractivity contribution is 5.66. The molecule has 4 nitrogen and oxygen atoms in total. The number of hydrogen-bond donors (Lipinski definition) is 2. The highest BCUT2D eigenvalue weighted by Gasteiger charge is 2.19. The van der Waals surface area contributed by atoms with Crippen LogP contribution in [-0.2, 0) is 9.59 Å². The Morgan fingerprint density at radius 1 is 0.476 bits per heavy atom. The van der Waals surface area contributed by atoms with Crippen LogP contribution in [0.15, 0.2) is 12.7 Å². The van der Waals surface area contributed by atoms with Crippen molar-refractivity contribution in [3.05, 3.63) is 12.7 Å². The van der Waals surface area contributed by atoms with E-state index in [1.165, 1.54) is 161 Å². The van der Waals surface area contributed by atoms with Crippen molar-refractivity contribution in [2.75, 3.05) is 0 Å². The number of aliphatic carboxylic acids is 2. The Bertz CT molecular complexity index is 602. The zero-order valence-electron chi connectivity index (χ0n) is 28.1. The van der Waals surface area contributed by atoms with Crippen molar-refractivity contribution in [1.29, 1.82) is 0 Å². The first-order valence-corrected chi connectivity index (χ1v) is 18.6. The number of rotatable bonds is 35. The fourth-order valence-electron chi connectivity index (χ4n) is 6.58. The van der Waals surface area contributed by atoms with Crippen LogP contribution in [0.3, 0.4) is 0 Å². The molecule has 2 atom stereocenters. The molecule has 0 amide bonds. The van der Waals surface area contributed by atoms with Gasteiger partial charge in [0.25, 0.3) is 0 Å². The van der Waals surface area contributed by atoms with Gasteiger partial charge in [-0.2, -0.15) is 0 Å². The molecule has 0 aromatic carbocycles. The Kier molecular flexibility index (Phi) is 31.6. The van der Waals surface area contributed by atoms with Crippen molar-refractivity contribution in [3.8, 4) is 0 Å². The fraction of sp³-hybridized carbons (Fsp3) is 0.895. The molecule has 0 radical (unpaired) electrons. The minimum atomic E-state index is -0.663. The van der Waals surface area contributed by atoms with Crippen LogP contribution >= 0.6 is 0 Å². The molecule has 248 valence electrons. The van der Waals surface area contributed by atoms with Crippen molar-refractivity contribution >= 4 is 11.9 Å². The Balaban J connectivity index is 4.29. The lowest BCUT2D eigenvalue weighted by atomic mass is 9.79. The highest BCUT2D eigenvalue weighted by Crippen LogP contribution is 2.32. The summed E-state index contributed by atoms with van der Waals surface area (Å²) in [5, 5.41) is 17.5. The number of unbranched alkanes of at least 4 members (excludes halogenated alkanes) is 22. The molecule has 0 heterocycles. The van der Waals surface area contributed by atoms with Gasteiger partial charge in [0.1, 0.15) is 0 Å². The van der Waals surface area contributed by atoms with Gasteiger partial charge in [-0.05, 0) is 37.5 Å². The SMILES string of the molecule is C=CCC(CCCCCCCCCCCC(=O)O)C(CCCCCCCCC)CCCCCCCCCCCC(=O)O. The third-order valence-electron chi connectivity index (χ3n) is 9.25. The number of allylic oxidation sites excluding steroid dienone is 1. The average Bonchev–Trinajstić information content (AvgIpc) is 2.96. The Morgan fingerprint density at radius 3 is 1.07 bits per heavy atom. The highest BCUT2D eigenvalue weighted by atomic mass is 16.4. The average molecular weight is 593 g/mol. The zero-order valence-corrected chi connectivity index (χ0v) is 28.1. The zero-order chi connectivity index (χ0) is 30.9. The Hall–Kier alpha value is -1.32. The van der Waals surface area contributed by atoms with Gasteiger partial charge in [0.2, 0.25) is 0 Å². The largest absolute Gasteiger partial charge is 0.481 e. The van der Waals surface area contributed by atoms with E-state index >= 15 is 0 Å². The van der Waals surface area contributed by atoms with E-state index in [0.29, 0.717) is 12.8 Å². The van der Waals surface area contributed by atoms with E-state index < -0.39 is 11.9 Å². The van der Waals surface area contributed by atoms with Crippen LogP contribution < -0.4 is 0 Å². The molecule has 2 unspecified atom stereocenters. The van der Waals surface area contributed by atoms with Crippen molar-refractivity contribution in [2.45, 2.75) is 206 Å². The van der Waals surface area contributed by atoms with Crippen LogP contribution in [0.4, 0.5) is 0 Å². The van der Waals surface area contributed by atoms with E-state index in [-0.39, 0.29) is 0 Å². The van der Waals surface area contributed by atoms with Crippen LogP contribution in [0.5, 0.6) is 0 Å². The second-order valence-corrected chi connectivity index (χ2v) is 13.2. The molecule has 0 aromatic heterocycles. The molecule has 2 N–H and O–H groups in total. The van der Waals surface area contributed by atoms with Gasteiger partial charge in [0.05, 0.1) is 0 Å². The predicted molar refractivity (Wildman–Crippen MR) is 181 cm³/mol. The Morgan fingerprint density at radius 2 is 0.762 bits per heavy atom. The number of hydrogen-bond acceptors (Lipinski definition) is 2. The maximum absolute atomic E-state index is 10.6. The molecular weight excluding hydrogens is 520 g/mol. The van der Waals surface area contributed by atoms with E-state index in [4.69, 9.17) is 10.2 Å². The lowest BCUT2D eigenvalue weighted by Gasteiger charge is -2.27.